The van der Waals surface area contributed by atoms with E-state index in [4.69, 9.17) is 5.73 Å². The van der Waals surface area contributed by atoms with Gasteiger partial charge in [-0.2, -0.15) is 0 Å². The molecule has 0 atom stereocenters. The first-order valence-electron chi connectivity index (χ1n) is 5.82. The molecule has 0 unspecified atom stereocenters. The Balaban J connectivity index is 2.35. The van der Waals surface area contributed by atoms with Crippen LogP contribution in [0.15, 0.2) is 23.1 Å². The Bertz CT molecular complexity index is 673. The average Bonchev–Trinajstić information content (AvgIpc) is 2.47. The molecule has 0 aliphatic rings. The van der Waals surface area contributed by atoms with Gasteiger partial charge in [-0.1, -0.05) is 6.07 Å². The first-order valence-corrected chi connectivity index (χ1v) is 6.81. The Morgan fingerprint density at radius 1 is 0.905 bits per heavy atom. The first kappa shape index (κ1) is 15.6. The third kappa shape index (κ3) is 2.83. The highest BCUT2D eigenvalue weighted by molar-refractivity contribution is 7.98. The highest BCUT2D eigenvalue weighted by atomic mass is 32.2. The predicted molar refractivity (Wildman–Crippen MR) is 71.4 cm³/mol. The van der Waals surface area contributed by atoms with Gasteiger partial charge >= 0.3 is 0 Å². The van der Waals surface area contributed by atoms with Crippen molar-refractivity contribution in [2.75, 3.05) is 5.73 Å². The third-order valence-corrected chi connectivity index (χ3v) is 4.19. The van der Waals surface area contributed by atoms with E-state index in [2.05, 4.69) is 0 Å². The number of thioether (sulfide) groups is 1. The summed E-state index contributed by atoms with van der Waals surface area (Å²) in [6.45, 7) is 1.70. The maximum absolute atomic E-state index is 13.5. The second-order valence-corrected chi connectivity index (χ2v) is 5.32. The van der Waals surface area contributed by atoms with Crippen LogP contribution in [0.25, 0.3) is 0 Å². The van der Waals surface area contributed by atoms with E-state index in [0.717, 1.165) is 11.8 Å². The normalized spacial score (nSPS) is 11.0. The van der Waals surface area contributed by atoms with Gasteiger partial charge in [-0.3, -0.25) is 0 Å². The number of nitrogens with two attached hydrogens (primary N) is 1. The smallest absolute Gasteiger partial charge is 0.200 e. The summed E-state index contributed by atoms with van der Waals surface area (Å²) in [6.07, 6.45) is 0. The molecular weight excluding hydrogens is 309 g/mol. The molecule has 0 spiro atoms. The van der Waals surface area contributed by atoms with Crippen molar-refractivity contribution in [1.82, 2.24) is 0 Å². The Morgan fingerprint density at radius 3 is 2.00 bits per heavy atom. The minimum atomic E-state index is -2.15. The van der Waals surface area contributed by atoms with Crippen molar-refractivity contribution in [2.45, 2.75) is 17.6 Å². The van der Waals surface area contributed by atoms with Crippen LogP contribution >= 0.6 is 11.8 Å². The SMILES string of the molecule is Cc1c(N)cccc1SCc1c(F)c(F)c(F)c(F)c1F. The average molecular weight is 319 g/mol. The van der Waals surface area contributed by atoms with Gasteiger partial charge in [-0.15, -0.1) is 11.8 Å². The van der Waals surface area contributed by atoms with Crippen molar-refractivity contribution in [2.24, 2.45) is 0 Å². The van der Waals surface area contributed by atoms with E-state index >= 15 is 0 Å². The highest BCUT2D eigenvalue weighted by Crippen LogP contribution is 2.32. The standard InChI is InChI=1S/C14H10F5NS/c1-6-8(20)3-2-4-9(6)21-5-7-10(15)12(17)14(19)13(18)11(7)16/h2-4H,5,20H2,1H3. The molecule has 0 fully saturated rings. The van der Waals surface area contributed by atoms with E-state index in [1.807, 2.05) is 0 Å². The minimum Gasteiger partial charge on any atom is -0.398 e. The van der Waals surface area contributed by atoms with Crippen LogP contribution in [0.4, 0.5) is 27.6 Å². The lowest BCUT2D eigenvalue weighted by Crippen LogP contribution is -2.06. The van der Waals surface area contributed by atoms with Crippen molar-refractivity contribution < 1.29 is 22.0 Å². The van der Waals surface area contributed by atoms with Crippen LogP contribution in [-0.2, 0) is 5.75 Å². The zero-order valence-electron chi connectivity index (χ0n) is 10.8. The molecule has 0 heterocycles. The van der Waals surface area contributed by atoms with Crippen LogP contribution < -0.4 is 5.73 Å². The molecule has 7 heteroatoms. The topological polar surface area (TPSA) is 26.0 Å². The lowest BCUT2D eigenvalue weighted by Gasteiger charge is -2.10. The summed E-state index contributed by atoms with van der Waals surface area (Å²) >= 11 is 0.950. The van der Waals surface area contributed by atoms with Gasteiger partial charge in [0.1, 0.15) is 0 Å². The number of rotatable bonds is 3. The number of anilines is 1. The lowest BCUT2D eigenvalue weighted by atomic mass is 10.2. The van der Waals surface area contributed by atoms with Gasteiger partial charge in [0.15, 0.2) is 23.3 Å². The number of hydrogen-bond acceptors (Lipinski definition) is 2. The zero-order chi connectivity index (χ0) is 15.7. The molecule has 0 radical (unpaired) electrons. The summed E-state index contributed by atoms with van der Waals surface area (Å²) in [6, 6.07) is 4.95. The fourth-order valence-corrected chi connectivity index (χ4v) is 2.78. The van der Waals surface area contributed by atoms with Crippen LogP contribution in [0.2, 0.25) is 0 Å². The van der Waals surface area contributed by atoms with Crippen molar-refractivity contribution in [3.05, 3.63) is 58.4 Å². The molecule has 0 saturated heterocycles. The van der Waals surface area contributed by atoms with Gasteiger partial charge in [0.05, 0.1) is 0 Å². The Morgan fingerprint density at radius 2 is 1.43 bits per heavy atom. The van der Waals surface area contributed by atoms with Crippen molar-refractivity contribution in [1.29, 1.82) is 0 Å². The van der Waals surface area contributed by atoms with Crippen LogP contribution in [-0.4, -0.2) is 0 Å². The summed E-state index contributed by atoms with van der Waals surface area (Å²) < 4.78 is 66.1. The van der Waals surface area contributed by atoms with Gasteiger partial charge < -0.3 is 5.73 Å². The van der Waals surface area contributed by atoms with E-state index in [9.17, 15) is 22.0 Å². The minimum absolute atomic E-state index is 0.393. The van der Waals surface area contributed by atoms with Crippen LogP contribution in [0, 0.1) is 36.0 Å². The van der Waals surface area contributed by atoms with E-state index in [0.29, 0.717) is 16.1 Å². The maximum Gasteiger partial charge on any atom is 0.200 e. The Hall–Kier alpha value is -1.76. The Kier molecular flexibility index (Phi) is 4.41. The van der Waals surface area contributed by atoms with E-state index in [-0.39, 0.29) is 0 Å². The van der Waals surface area contributed by atoms with Crippen LogP contribution in [0.5, 0.6) is 0 Å². The van der Waals surface area contributed by atoms with Crippen LogP contribution in [0.3, 0.4) is 0 Å². The molecule has 0 saturated carbocycles. The van der Waals surface area contributed by atoms with E-state index in [1.54, 1.807) is 25.1 Å². The van der Waals surface area contributed by atoms with Crippen molar-refractivity contribution in [3.63, 3.8) is 0 Å². The lowest BCUT2D eigenvalue weighted by molar-refractivity contribution is 0.372. The number of benzene rings is 2. The third-order valence-electron chi connectivity index (χ3n) is 3.00. The number of hydrogen-bond donors (Lipinski definition) is 1. The first-order chi connectivity index (χ1) is 9.84. The summed E-state index contributed by atoms with van der Waals surface area (Å²) in [5, 5.41) is 0. The molecule has 0 aliphatic heterocycles. The van der Waals surface area contributed by atoms with E-state index < -0.39 is 40.4 Å². The quantitative estimate of drug-likeness (QED) is 0.295. The molecule has 2 aromatic rings. The molecule has 2 rings (SSSR count). The van der Waals surface area contributed by atoms with Crippen LogP contribution in [0.1, 0.15) is 11.1 Å². The molecule has 0 amide bonds. The second kappa shape index (κ2) is 5.93. The van der Waals surface area contributed by atoms with Crippen molar-refractivity contribution in [3.8, 4) is 0 Å². The largest absolute Gasteiger partial charge is 0.398 e. The monoisotopic (exact) mass is 319 g/mol. The fraction of sp³-hybridized carbons (Fsp3) is 0.143. The molecule has 1 nitrogen and oxygen atoms in total. The molecule has 112 valence electrons. The van der Waals surface area contributed by atoms with Crippen molar-refractivity contribution >= 4 is 17.4 Å². The molecule has 21 heavy (non-hydrogen) atoms. The molecular formula is C14H10F5NS. The van der Waals surface area contributed by atoms with Gasteiger partial charge in [0.2, 0.25) is 5.82 Å². The maximum atomic E-state index is 13.5. The van der Waals surface area contributed by atoms with E-state index in [1.165, 1.54) is 0 Å². The number of nitrogen functional groups attached to an aromatic ring is 1. The molecule has 2 aromatic carbocycles. The summed E-state index contributed by atoms with van der Waals surface area (Å²) in [5.74, 6) is -10.0. The van der Waals surface area contributed by atoms with Gasteiger partial charge in [0, 0.05) is 21.9 Å². The fourth-order valence-electron chi connectivity index (χ4n) is 1.71. The van der Waals surface area contributed by atoms with Gasteiger partial charge in [0.25, 0.3) is 0 Å². The highest BCUT2D eigenvalue weighted by Gasteiger charge is 2.25. The Labute approximate surface area is 122 Å². The number of halogens is 5. The summed E-state index contributed by atoms with van der Waals surface area (Å²) in [5.41, 5.74) is 6.01. The molecule has 0 aliphatic carbocycles. The molecule has 2 N–H and O–H groups in total. The summed E-state index contributed by atoms with van der Waals surface area (Å²) in [7, 11) is 0. The summed E-state index contributed by atoms with van der Waals surface area (Å²) in [4.78, 5) is 0.610. The van der Waals surface area contributed by atoms with Gasteiger partial charge in [-0.25, -0.2) is 22.0 Å². The predicted octanol–water partition coefficient (Wildman–Crippen LogP) is 4.57. The second-order valence-electron chi connectivity index (χ2n) is 4.31. The zero-order valence-corrected chi connectivity index (χ0v) is 11.6. The molecule has 0 bridgehead atoms. The van der Waals surface area contributed by atoms with Gasteiger partial charge in [-0.05, 0) is 24.6 Å². The molecule has 0 aromatic heterocycles.